The van der Waals surface area contributed by atoms with Crippen molar-refractivity contribution in [2.24, 2.45) is 0 Å². The van der Waals surface area contributed by atoms with Gasteiger partial charge in [0.05, 0.1) is 17.2 Å². The zero-order valence-corrected chi connectivity index (χ0v) is 18.6. The van der Waals surface area contributed by atoms with Crippen LogP contribution in [0.2, 0.25) is 5.02 Å². The molecule has 0 radical (unpaired) electrons. The van der Waals surface area contributed by atoms with E-state index in [1.807, 2.05) is 31.2 Å². The van der Waals surface area contributed by atoms with E-state index in [4.69, 9.17) is 16.3 Å². The molecule has 1 atom stereocenters. The molecule has 1 N–H and O–H groups in total. The summed E-state index contributed by atoms with van der Waals surface area (Å²) in [6.45, 7) is 2.69. The van der Waals surface area contributed by atoms with Crippen molar-refractivity contribution in [3.8, 4) is 5.75 Å². The zero-order chi connectivity index (χ0) is 21.3. The fourth-order valence-electron chi connectivity index (χ4n) is 3.43. The molecule has 30 heavy (non-hydrogen) atoms. The van der Waals surface area contributed by atoms with Crippen LogP contribution in [0, 0.1) is 0 Å². The molecule has 1 aromatic heterocycles. The number of amides is 1. The lowest BCUT2D eigenvalue weighted by Gasteiger charge is -2.24. The van der Waals surface area contributed by atoms with Crippen molar-refractivity contribution in [2.75, 3.05) is 11.9 Å². The first kappa shape index (κ1) is 20.9. The Morgan fingerprint density at radius 2 is 1.83 bits per heavy atom. The molecule has 5 nitrogen and oxygen atoms in total. The van der Waals surface area contributed by atoms with Crippen LogP contribution < -0.4 is 10.1 Å². The number of thiophene rings is 1. The number of sulfone groups is 1. The number of rotatable bonds is 6. The fourth-order valence-corrected chi connectivity index (χ4v) is 6.46. The molecule has 1 aliphatic rings. The van der Waals surface area contributed by atoms with Gasteiger partial charge in [-0.15, -0.1) is 11.3 Å². The first-order valence-corrected chi connectivity index (χ1v) is 12.3. The van der Waals surface area contributed by atoms with Crippen LogP contribution in [-0.4, -0.2) is 20.9 Å². The average Bonchev–Trinajstić information content (AvgIpc) is 3.17. The topological polar surface area (TPSA) is 72.5 Å². The summed E-state index contributed by atoms with van der Waals surface area (Å²) in [6, 6.07) is 13.7. The molecule has 0 saturated carbocycles. The molecular weight excluding hydrogens is 442 g/mol. The third-order valence-electron chi connectivity index (χ3n) is 4.92. The highest BCUT2D eigenvalue weighted by Gasteiger charge is 2.34. The standard InChI is InChI=1S/C22H20ClNO4S2/c1-2-11-28-16-7-3-14(4-8-16)18-12-20(25)24-21-19(13-29-22(18)21)30(26,27)17-9-5-15(23)6-10-17/h3-10,13,18H,2,11-12H2,1H3,(H,24,25). The van der Waals surface area contributed by atoms with E-state index in [1.54, 1.807) is 5.38 Å². The molecule has 2 heterocycles. The van der Waals surface area contributed by atoms with Crippen LogP contribution in [0.5, 0.6) is 5.75 Å². The molecule has 0 spiro atoms. The van der Waals surface area contributed by atoms with E-state index in [-0.39, 0.29) is 28.0 Å². The predicted molar refractivity (Wildman–Crippen MR) is 119 cm³/mol. The van der Waals surface area contributed by atoms with E-state index in [9.17, 15) is 13.2 Å². The first-order chi connectivity index (χ1) is 14.4. The Balaban J connectivity index is 1.71. The Labute approximate surface area is 184 Å². The summed E-state index contributed by atoms with van der Waals surface area (Å²) in [6.07, 6.45) is 1.19. The number of anilines is 1. The monoisotopic (exact) mass is 461 g/mol. The third-order valence-corrected chi connectivity index (χ3v) is 8.22. The maximum absolute atomic E-state index is 13.2. The summed E-state index contributed by atoms with van der Waals surface area (Å²) >= 11 is 7.24. The van der Waals surface area contributed by atoms with E-state index in [0.717, 1.165) is 22.6 Å². The molecule has 1 amide bonds. The highest BCUT2D eigenvalue weighted by atomic mass is 35.5. The van der Waals surface area contributed by atoms with Gasteiger partial charge in [-0.3, -0.25) is 4.79 Å². The molecule has 1 unspecified atom stereocenters. The van der Waals surface area contributed by atoms with Gasteiger partial charge in [-0.2, -0.15) is 0 Å². The fraction of sp³-hybridized carbons (Fsp3) is 0.227. The van der Waals surface area contributed by atoms with Gasteiger partial charge in [0.1, 0.15) is 10.6 Å². The van der Waals surface area contributed by atoms with Gasteiger partial charge in [0.25, 0.3) is 0 Å². The molecule has 4 rings (SSSR count). The second-order valence-corrected chi connectivity index (χ2v) is 10.3. The van der Waals surface area contributed by atoms with Gasteiger partial charge in [0.15, 0.2) is 0 Å². The summed E-state index contributed by atoms with van der Waals surface area (Å²) in [4.78, 5) is 13.5. The Morgan fingerprint density at radius 1 is 1.13 bits per heavy atom. The normalized spacial score (nSPS) is 16.1. The number of hydrogen-bond acceptors (Lipinski definition) is 5. The van der Waals surface area contributed by atoms with Gasteiger partial charge >= 0.3 is 0 Å². The Hall–Kier alpha value is -2.35. The smallest absolute Gasteiger partial charge is 0.225 e. The third kappa shape index (κ3) is 3.97. The summed E-state index contributed by atoms with van der Waals surface area (Å²) in [5, 5.41) is 4.84. The highest BCUT2D eigenvalue weighted by Crippen LogP contribution is 2.46. The van der Waals surface area contributed by atoms with E-state index in [0.29, 0.717) is 17.3 Å². The summed E-state index contributed by atoms with van der Waals surface area (Å²) < 4.78 is 32.0. The largest absolute Gasteiger partial charge is 0.494 e. The van der Waals surface area contributed by atoms with Crippen molar-refractivity contribution in [1.82, 2.24) is 0 Å². The van der Waals surface area contributed by atoms with Gasteiger partial charge in [0, 0.05) is 27.6 Å². The van der Waals surface area contributed by atoms with Crippen LogP contribution in [0.4, 0.5) is 5.69 Å². The second kappa shape index (κ2) is 8.41. The number of ether oxygens (including phenoxy) is 1. The lowest BCUT2D eigenvalue weighted by atomic mass is 9.90. The quantitative estimate of drug-likeness (QED) is 0.526. The van der Waals surface area contributed by atoms with Gasteiger partial charge in [-0.25, -0.2) is 8.42 Å². The zero-order valence-electron chi connectivity index (χ0n) is 16.2. The minimum atomic E-state index is -3.78. The van der Waals surface area contributed by atoms with Crippen molar-refractivity contribution in [2.45, 2.75) is 35.5 Å². The van der Waals surface area contributed by atoms with Crippen molar-refractivity contribution in [3.05, 3.63) is 69.4 Å². The Bertz CT molecular complexity index is 1170. The molecule has 8 heteroatoms. The molecule has 3 aromatic rings. The maximum Gasteiger partial charge on any atom is 0.225 e. The van der Waals surface area contributed by atoms with E-state index < -0.39 is 9.84 Å². The molecule has 0 aliphatic carbocycles. The SMILES string of the molecule is CCCOc1ccc(C2CC(=O)Nc3c(S(=O)(=O)c4ccc(Cl)cc4)csc32)cc1. The first-order valence-electron chi connectivity index (χ1n) is 9.54. The Morgan fingerprint density at radius 3 is 2.50 bits per heavy atom. The van der Waals surface area contributed by atoms with Crippen LogP contribution in [0.25, 0.3) is 0 Å². The number of nitrogens with one attached hydrogen (secondary N) is 1. The number of carbonyl (C=O) groups is 1. The lowest BCUT2D eigenvalue weighted by molar-refractivity contribution is -0.116. The molecule has 156 valence electrons. The van der Waals surface area contributed by atoms with E-state index in [1.165, 1.54) is 35.6 Å². The van der Waals surface area contributed by atoms with Crippen LogP contribution >= 0.6 is 22.9 Å². The number of carbonyl (C=O) groups excluding carboxylic acids is 1. The molecule has 0 fully saturated rings. The van der Waals surface area contributed by atoms with Crippen LogP contribution in [0.15, 0.2) is 63.7 Å². The molecule has 1 aliphatic heterocycles. The van der Waals surface area contributed by atoms with Crippen molar-refractivity contribution >= 4 is 44.4 Å². The predicted octanol–water partition coefficient (Wildman–Crippen LogP) is 5.50. The van der Waals surface area contributed by atoms with Crippen LogP contribution in [-0.2, 0) is 14.6 Å². The van der Waals surface area contributed by atoms with Gasteiger partial charge < -0.3 is 10.1 Å². The van der Waals surface area contributed by atoms with Crippen LogP contribution in [0.1, 0.15) is 36.1 Å². The van der Waals surface area contributed by atoms with Gasteiger partial charge in [0.2, 0.25) is 15.7 Å². The van der Waals surface area contributed by atoms with E-state index in [2.05, 4.69) is 5.32 Å². The van der Waals surface area contributed by atoms with Crippen molar-refractivity contribution in [1.29, 1.82) is 0 Å². The molecule has 0 bridgehead atoms. The minimum absolute atomic E-state index is 0.116. The second-order valence-electron chi connectivity index (χ2n) is 7.02. The number of fused-ring (bicyclic) bond motifs is 1. The van der Waals surface area contributed by atoms with Gasteiger partial charge in [-0.05, 0) is 48.4 Å². The highest BCUT2D eigenvalue weighted by molar-refractivity contribution is 7.91. The average molecular weight is 462 g/mol. The minimum Gasteiger partial charge on any atom is -0.494 e. The Kier molecular flexibility index (Phi) is 5.86. The maximum atomic E-state index is 13.2. The summed E-state index contributed by atoms with van der Waals surface area (Å²) in [5.74, 6) is 0.371. The number of halogens is 1. The molecule has 2 aromatic carbocycles. The van der Waals surface area contributed by atoms with E-state index >= 15 is 0 Å². The number of hydrogen-bond donors (Lipinski definition) is 1. The molecular formula is C22H20ClNO4S2. The van der Waals surface area contributed by atoms with Crippen LogP contribution in [0.3, 0.4) is 0 Å². The summed E-state index contributed by atoms with van der Waals surface area (Å²) in [7, 11) is -3.78. The van der Waals surface area contributed by atoms with Crippen molar-refractivity contribution in [3.63, 3.8) is 0 Å². The number of benzene rings is 2. The summed E-state index contributed by atoms with van der Waals surface area (Å²) in [5.41, 5.74) is 1.33. The van der Waals surface area contributed by atoms with Crippen molar-refractivity contribution < 1.29 is 17.9 Å². The van der Waals surface area contributed by atoms with Gasteiger partial charge in [-0.1, -0.05) is 30.7 Å². The lowest BCUT2D eigenvalue weighted by Crippen LogP contribution is -2.23. The molecule has 0 saturated heterocycles.